The van der Waals surface area contributed by atoms with E-state index in [-0.39, 0.29) is 29.5 Å². The van der Waals surface area contributed by atoms with Crippen molar-refractivity contribution in [3.8, 4) is 11.1 Å². The smallest absolute Gasteiger partial charge is 0.245 e. The summed E-state index contributed by atoms with van der Waals surface area (Å²) in [5.41, 5.74) is 5.14. The monoisotopic (exact) mass is 536 g/mol. The number of likely N-dealkylation sites (tertiary alicyclic amines) is 1. The number of hydrogen-bond donors (Lipinski definition) is 2. The van der Waals surface area contributed by atoms with Crippen molar-refractivity contribution in [1.29, 1.82) is 0 Å². The summed E-state index contributed by atoms with van der Waals surface area (Å²) in [6.07, 6.45) is 7.10. The van der Waals surface area contributed by atoms with Crippen molar-refractivity contribution in [2.45, 2.75) is 65.0 Å². The van der Waals surface area contributed by atoms with E-state index >= 15 is 0 Å². The molecule has 38 heavy (non-hydrogen) atoms. The zero-order valence-corrected chi connectivity index (χ0v) is 23.5. The summed E-state index contributed by atoms with van der Waals surface area (Å²) in [7, 11) is 0. The number of hydrogen-bond acceptors (Lipinski definition) is 5. The predicted octanol–water partition coefficient (Wildman–Crippen LogP) is 5.03. The Hall–Kier alpha value is -2.84. The molecule has 3 aromatic rings. The molecule has 0 radical (unpaired) electrons. The van der Waals surface area contributed by atoms with Gasteiger partial charge < -0.3 is 14.9 Å². The second-order valence-corrected chi connectivity index (χ2v) is 12.8. The number of fused-ring (bicyclic) bond motifs is 1. The molecule has 3 fully saturated rings. The highest BCUT2D eigenvalue weighted by Gasteiger charge is 2.54. The summed E-state index contributed by atoms with van der Waals surface area (Å²) in [5.74, 6) is 1.27. The van der Waals surface area contributed by atoms with Gasteiger partial charge in [0.15, 0.2) is 5.82 Å². The van der Waals surface area contributed by atoms with Gasteiger partial charge in [0.2, 0.25) is 5.91 Å². The molecule has 1 unspecified atom stereocenters. The van der Waals surface area contributed by atoms with Gasteiger partial charge in [0.25, 0.3) is 0 Å². The number of aromatic amines is 1. The molecule has 202 valence electrons. The minimum Gasteiger partial charge on any atom is -0.396 e. The van der Waals surface area contributed by atoms with E-state index in [1.807, 2.05) is 24.1 Å². The summed E-state index contributed by atoms with van der Waals surface area (Å²) in [4.78, 5) is 16.3. The lowest BCUT2D eigenvalue weighted by molar-refractivity contribution is -0.149. The maximum atomic E-state index is 12.0. The second kappa shape index (κ2) is 8.85. The fourth-order valence-corrected chi connectivity index (χ4v) is 7.54. The highest BCUT2D eigenvalue weighted by Crippen LogP contribution is 2.56. The van der Waals surface area contributed by atoms with Gasteiger partial charge in [0.1, 0.15) is 0 Å². The van der Waals surface area contributed by atoms with E-state index in [9.17, 15) is 9.90 Å². The molecule has 1 saturated carbocycles. The first-order valence-corrected chi connectivity index (χ1v) is 14.0. The Morgan fingerprint density at radius 2 is 2.00 bits per heavy atom. The maximum Gasteiger partial charge on any atom is 0.245 e. The SMILES string of the molecule is C=CC(=O)N1CC2(CC(n3nc(N4CCC(CO)CC4(C)C)c(-c4c(Cl)c(C)cc5[nH]ncc45)c3C)C2)C1. The molecule has 2 N–H and O–H groups in total. The average Bonchev–Trinajstić information content (AvgIpc) is 3.42. The molecular weight excluding hydrogens is 500 g/mol. The summed E-state index contributed by atoms with van der Waals surface area (Å²) < 4.78 is 2.21. The van der Waals surface area contributed by atoms with Gasteiger partial charge in [-0.25, -0.2) is 0 Å². The number of nitrogens with zero attached hydrogens (tertiary/aromatic N) is 5. The zero-order valence-electron chi connectivity index (χ0n) is 22.7. The van der Waals surface area contributed by atoms with Gasteiger partial charge in [-0.05, 0) is 77.0 Å². The van der Waals surface area contributed by atoms with Crippen molar-refractivity contribution in [3.63, 3.8) is 0 Å². The van der Waals surface area contributed by atoms with E-state index in [0.29, 0.717) is 5.92 Å². The minimum atomic E-state index is -0.168. The van der Waals surface area contributed by atoms with Gasteiger partial charge in [-0.3, -0.25) is 14.6 Å². The number of H-pyrrole nitrogens is 1. The molecule has 2 saturated heterocycles. The highest BCUT2D eigenvalue weighted by atomic mass is 35.5. The van der Waals surface area contributed by atoms with Gasteiger partial charge in [0, 0.05) is 59.4 Å². The van der Waals surface area contributed by atoms with Crippen LogP contribution in [0.25, 0.3) is 22.0 Å². The van der Waals surface area contributed by atoms with Crippen molar-refractivity contribution in [1.82, 2.24) is 24.9 Å². The molecule has 1 amide bonds. The van der Waals surface area contributed by atoms with E-state index in [4.69, 9.17) is 16.7 Å². The lowest BCUT2D eigenvalue weighted by Crippen LogP contribution is -2.63. The zero-order chi connectivity index (χ0) is 27.0. The van der Waals surface area contributed by atoms with Crippen LogP contribution in [-0.4, -0.2) is 67.7 Å². The number of aliphatic hydroxyl groups is 1. The van der Waals surface area contributed by atoms with Gasteiger partial charge in [-0.1, -0.05) is 18.2 Å². The minimum absolute atomic E-state index is 0.0191. The normalized spacial score (nSPS) is 22.5. The molecular formula is C29H37ClN6O2. The third-order valence-electron chi connectivity index (χ3n) is 9.26. The van der Waals surface area contributed by atoms with Gasteiger partial charge in [-0.15, -0.1) is 0 Å². The second-order valence-electron chi connectivity index (χ2n) is 12.4. The first kappa shape index (κ1) is 25.4. The molecule has 1 atom stereocenters. The number of aryl methyl sites for hydroxylation is 1. The largest absolute Gasteiger partial charge is 0.396 e. The number of piperidine rings is 1. The molecule has 8 nitrogen and oxygen atoms in total. The van der Waals surface area contributed by atoms with Gasteiger partial charge in [-0.2, -0.15) is 10.2 Å². The number of carbonyl (C=O) groups is 1. The Morgan fingerprint density at radius 3 is 2.66 bits per heavy atom. The first-order valence-electron chi connectivity index (χ1n) is 13.6. The van der Waals surface area contributed by atoms with Crippen molar-refractivity contribution >= 4 is 34.2 Å². The van der Waals surface area contributed by atoms with Gasteiger partial charge in [0.05, 0.1) is 22.8 Å². The number of carbonyl (C=O) groups excluding carboxylic acids is 1. The molecule has 3 aliphatic rings. The van der Waals surface area contributed by atoms with E-state index in [0.717, 1.165) is 89.4 Å². The lowest BCUT2D eigenvalue weighted by Gasteiger charge is -2.58. The number of rotatable bonds is 5. The summed E-state index contributed by atoms with van der Waals surface area (Å²) >= 11 is 7.06. The van der Waals surface area contributed by atoms with Crippen LogP contribution in [0, 0.1) is 25.2 Å². The number of nitrogens with one attached hydrogen (secondary N) is 1. The molecule has 4 heterocycles. The number of aliphatic hydroxyl groups excluding tert-OH is 1. The molecule has 1 aromatic carbocycles. The van der Waals surface area contributed by atoms with E-state index in [1.54, 1.807) is 0 Å². The molecule has 2 aromatic heterocycles. The third-order valence-corrected chi connectivity index (χ3v) is 9.75. The summed E-state index contributed by atoms with van der Waals surface area (Å²) in [5, 5.41) is 24.4. The van der Waals surface area contributed by atoms with Crippen LogP contribution in [0.1, 0.15) is 56.8 Å². The predicted molar refractivity (Wildman–Crippen MR) is 151 cm³/mol. The highest BCUT2D eigenvalue weighted by molar-refractivity contribution is 6.36. The van der Waals surface area contributed by atoms with Crippen LogP contribution >= 0.6 is 11.6 Å². The fraction of sp³-hybridized carbons (Fsp3) is 0.552. The van der Waals surface area contributed by atoms with E-state index < -0.39 is 0 Å². The third kappa shape index (κ3) is 3.79. The number of halogens is 1. The number of anilines is 1. The molecule has 1 aliphatic carbocycles. The van der Waals surface area contributed by atoms with Crippen LogP contribution in [-0.2, 0) is 4.79 Å². The molecule has 9 heteroatoms. The molecule has 1 spiro atoms. The first-order chi connectivity index (χ1) is 18.1. The van der Waals surface area contributed by atoms with Crippen LogP contribution in [0.15, 0.2) is 24.9 Å². The Balaban J connectivity index is 1.43. The maximum absolute atomic E-state index is 12.0. The number of aromatic nitrogens is 4. The summed E-state index contributed by atoms with van der Waals surface area (Å²) in [6, 6.07) is 2.33. The molecule has 0 bridgehead atoms. The Bertz CT molecular complexity index is 1420. The number of benzene rings is 1. The van der Waals surface area contributed by atoms with Crippen molar-refractivity contribution in [2.24, 2.45) is 11.3 Å². The molecule has 6 rings (SSSR count). The van der Waals surface area contributed by atoms with E-state index in [1.165, 1.54) is 6.08 Å². The fourth-order valence-electron chi connectivity index (χ4n) is 7.29. The number of amides is 1. The van der Waals surface area contributed by atoms with Gasteiger partial charge >= 0.3 is 0 Å². The molecule has 2 aliphatic heterocycles. The van der Waals surface area contributed by atoms with Crippen LogP contribution in [0.3, 0.4) is 0 Å². The topological polar surface area (TPSA) is 90.3 Å². The Labute approximate surface area is 228 Å². The van der Waals surface area contributed by atoms with E-state index in [2.05, 4.69) is 47.1 Å². The Kier molecular flexibility index (Phi) is 5.92. The van der Waals surface area contributed by atoms with Crippen LogP contribution in [0.2, 0.25) is 5.02 Å². The quantitative estimate of drug-likeness (QED) is 0.446. The van der Waals surface area contributed by atoms with Crippen LogP contribution < -0.4 is 4.90 Å². The standard InChI is InChI=1S/C29H37ClN6O2/c1-6-23(38)34-15-29(16-34)11-20(12-29)36-18(3)24(25-21-13-31-32-22(21)9-17(2)26(25)30)27(33-36)35-8-7-19(14-37)10-28(35,4)5/h6,9,13,19-20,37H,1,7-8,10-12,14-16H2,2-5H3,(H,31,32). The Morgan fingerprint density at radius 1 is 1.26 bits per heavy atom. The van der Waals surface area contributed by atoms with Crippen LogP contribution in [0.5, 0.6) is 0 Å². The van der Waals surface area contributed by atoms with Crippen LogP contribution in [0.4, 0.5) is 5.82 Å². The lowest BCUT2D eigenvalue weighted by atomic mass is 9.60. The van der Waals surface area contributed by atoms with Crippen molar-refractivity contribution in [3.05, 3.63) is 41.2 Å². The summed E-state index contributed by atoms with van der Waals surface area (Å²) in [6.45, 7) is 15.0. The van der Waals surface area contributed by atoms with Crippen molar-refractivity contribution in [2.75, 3.05) is 31.1 Å². The van der Waals surface area contributed by atoms with Crippen molar-refractivity contribution < 1.29 is 9.90 Å². The average molecular weight is 537 g/mol.